The lowest BCUT2D eigenvalue weighted by molar-refractivity contribution is -0.122. The number of carbonyl (C=O) groups is 2. The number of rotatable bonds is 7. The van der Waals surface area contributed by atoms with Crippen molar-refractivity contribution in [3.63, 3.8) is 0 Å². The van der Waals surface area contributed by atoms with Crippen LogP contribution in [0.25, 0.3) is 16.9 Å². The van der Waals surface area contributed by atoms with Gasteiger partial charge in [-0.3, -0.25) is 9.59 Å². The summed E-state index contributed by atoms with van der Waals surface area (Å²) in [5.74, 6) is 0.181. The number of ether oxygens (including phenoxy) is 1. The van der Waals surface area contributed by atoms with Crippen LogP contribution in [-0.2, 0) is 4.79 Å². The normalized spacial score (nSPS) is 10.8. The number of nitrogens with one attached hydrogen (secondary N) is 1. The average Bonchev–Trinajstić information content (AvgIpc) is 3.18. The number of hydrogen-bond donors (Lipinski definition) is 1. The van der Waals surface area contributed by atoms with Crippen LogP contribution in [0.1, 0.15) is 29.8 Å². The van der Waals surface area contributed by atoms with Crippen LogP contribution in [0.5, 0.6) is 5.75 Å². The maximum Gasteiger partial charge on any atom is 0.257 e. The smallest absolute Gasteiger partial charge is 0.257 e. The molecule has 0 saturated heterocycles. The molecule has 0 radical (unpaired) electrons. The second kappa shape index (κ2) is 9.47. The number of carbonyl (C=O) groups excluding carboxylic acids is 2. The first-order valence-electron chi connectivity index (χ1n) is 10.1. The molecule has 162 valence electrons. The molecule has 1 aromatic heterocycles. The van der Waals surface area contributed by atoms with Crippen LogP contribution in [0.3, 0.4) is 0 Å². The van der Waals surface area contributed by atoms with Gasteiger partial charge in [0, 0.05) is 24.8 Å². The van der Waals surface area contributed by atoms with Crippen molar-refractivity contribution in [2.45, 2.75) is 26.8 Å². The van der Waals surface area contributed by atoms with Crippen molar-refractivity contribution < 1.29 is 14.3 Å². The largest absolute Gasteiger partial charge is 0.497 e. The SMILES string of the molecule is COc1cccc(-c2nn(-c3ccc(C)cc3)cc2C(=O)N(C)CC(=O)NC(C)C)c1. The summed E-state index contributed by atoms with van der Waals surface area (Å²) >= 11 is 0. The molecule has 2 aromatic carbocycles. The van der Waals surface area contributed by atoms with Crippen LogP contribution in [0.2, 0.25) is 0 Å². The van der Waals surface area contributed by atoms with Crippen LogP contribution < -0.4 is 10.1 Å². The standard InChI is InChI=1S/C24H28N4O3/c1-16(2)25-22(29)15-27(4)24(30)21-14-28(19-11-9-17(3)10-12-19)26-23(21)18-7-6-8-20(13-18)31-5/h6-14,16H,15H2,1-5H3,(H,25,29). The van der Waals surface area contributed by atoms with E-state index in [2.05, 4.69) is 5.32 Å². The molecule has 2 amide bonds. The van der Waals surface area contributed by atoms with Crippen LogP contribution in [0, 0.1) is 6.92 Å². The zero-order valence-electron chi connectivity index (χ0n) is 18.5. The zero-order valence-corrected chi connectivity index (χ0v) is 18.5. The Labute approximate surface area is 182 Å². The van der Waals surface area contributed by atoms with E-state index in [1.807, 2.05) is 69.3 Å². The molecule has 1 N–H and O–H groups in total. The molecular weight excluding hydrogens is 392 g/mol. The number of benzene rings is 2. The van der Waals surface area contributed by atoms with Crippen molar-refractivity contribution in [2.75, 3.05) is 20.7 Å². The summed E-state index contributed by atoms with van der Waals surface area (Å²) in [7, 11) is 3.21. The Balaban J connectivity index is 2.01. The molecule has 3 rings (SSSR count). The number of likely N-dealkylation sites (N-methyl/N-ethyl adjacent to an activating group) is 1. The van der Waals surface area contributed by atoms with Crippen LogP contribution in [-0.4, -0.2) is 53.2 Å². The van der Waals surface area contributed by atoms with Gasteiger partial charge in [0.2, 0.25) is 5.91 Å². The summed E-state index contributed by atoms with van der Waals surface area (Å²) in [5, 5.41) is 7.51. The minimum Gasteiger partial charge on any atom is -0.497 e. The summed E-state index contributed by atoms with van der Waals surface area (Å²) < 4.78 is 7.02. The first-order chi connectivity index (χ1) is 14.8. The third-order valence-electron chi connectivity index (χ3n) is 4.76. The molecule has 1 heterocycles. The van der Waals surface area contributed by atoms with E-state index in [4.69, 9.17) is 9.84 Å². The molecule has 0 aliphatic rings. The van der Waals surface area contributed by atoms with Crippen molar-refractivity contribution in [1.82, 2.24) is 20.0 Å². The van der Waals surface area contributed by atoms with Gasteiger partial charge in [0.05, 0.1) is 24.9 Å². The Kier molecular flexibility index (Phi) is 6.74. The highest BCUT2D eigenvalue weighted by Crippen LogP contribution is 2.27. The summed E-state index contributed by atoms with van der Waals surface area (Å²) in [6.45, 7) is 5.74. The van der Waals surface area contributed by atoms with E-state index in [-0.39, 0.29) is 24.4 Å². The summed E-state index contributed by atoms with van der Waals surface area (Å²) in [6, 6.07) is 15.3. The third-order valence-corrected chi connectivity index (χ3v) is 4.76. The number of hydrogen-bond acceptors (Lipinski definition) is 4. The van der Waals surface area contributed by atoms with Crippen molar-refractivity contribution >= 4 is 11.8 Å². The Hall–Kier alpha value is -3.61. The van der Waals surface area contributed by atoms with Gasteiger partial charge in [-0.05, 0) is 45.0 Å². The van der Waals surface area contributed by atoms with Gasteiger partial charge in [-0.15, -0.1) is 0 Å². The summed E-state index contributed by atoms with van der Waals surface area (Å²) in [6.07, 6.45) is 1.71. The molecule has 0 aliphatic carbocycles. The topological polar surface area (TPSA) is 76.5 Å². The van der Waals surface area contributed by atoms with Gasteiger partial charge in [-0.25, -0.2) is 4.68 Å². The number of amides is 2. The van der Waals surface area contributed by atoms with Gasteiger partial charge < -0.3 is 15.0 Å². The van der Waals surface area contributed by atoms with Gasteiger partial charge in [0.25, 0.3) is 5.91 Å². The minimum atomic E-state index is -0.282. The highest BCUT2D eigenvalue weighted by atomic mass is 16.5. The molecule has 3 aromatic rings. The third kappa shape index (κ3) is 5.31. The molecule has 0 bridgehead atoms. The number of methoxy groups -OCH3 is 1. The summed E-state index contributed by atoms with van der Waals surface area (Å²) in [5.41, 5.74) is 3.67. The molecule has 0 spiro atoms. The van der Waals surface area contributed by atoms with E-state index in [0.717, 1.165) is 16.8 Å². The van der Waals surface area contributed by atoms with Crippen molar-refractivity contribution in [3.05, 3.63) is 65.9 Å². The van der Waals surface area contributed by atoms with E-state index in [1.165, 1.54) is 4.90 Å². The van der Waals surface area contributed by atoms with Gasteiger partial charge >= 0.3 is 0 Å². The number of nitrogens with zero attached hydrogens (tertiary/aromatic N) is 3. The number of aromatic nitrogens is 2. The second-order valence-electron chi connectivity index (χ2n) is 7.79. The first kappa shape index (κ1) is 22.1. The van der Waals surface area contributed by atoms with E-state index < -0.39 is 0 Å². The molecule has 7 heteroatoms. The fraction of sp³-hybridized carbons (Fsp3) is 0.292. The van der Waals surface area contributed by atoms with Crippen molar-refractivity contribution in [2.24, 2.45) is 0 Å². The van der Waals surface area contributed by atoms with Crippen LogP contribution >= 0.6 is 0 Å². The zero-order chi connectivity index (χ0) is 22.5. The fourth-order valence-electron chi connectivity index (χ4n) is 3.20. The molecule has 7 nitrogen and oxygen atoms in total. The Morgan fingerprint density at radius 1 is 1.16 bits per heavy atom. The van der Waals surface area contributed by atoms with E-state index >= 15 is 0 Å². The van der Waals surface area contributed by atoms with Crippen LogP contribution in [0.15, 0.2) is 54.7 Å². The Morgan fingerprint density at radius 2 is 1.87 bits per heavy atom. The maximum absolute atomic E-state index is 13.3. The predicted molar refractivity (Wildman–Crippen MR) is 121 cm³/mol. The second-order valence-corrected chi connectivity index (χ2v) is 7.79. The van der Waals surface area contributed by atoms with Gasteiger partial charge in [0.1, 0.15) is 11.4 Å². The minimum absolute atomic E-state index is 0.00707. The first-order valence-corrected chi connectivity index (χ1v) is 10.1. The lowest BCUT2D eigenvalue weighted by Gasteiger charge is -2.18. The van der Waals surface area contributed by atoms with Crippen LogP contribution in [0.4, 0.5) is 0 Å². The molecular formula is C24H28N4O3. The van der Waals surface area contributed by atoms with Gasteiger partial charge in [-0.2, -0.15) is 5.10 Å². The molecule has 0 fully saturated rings. The van der Waals surface area contributed by atoms with E-state index in [9.17, 15) is 9.59 Å². The monoisotopic (exact) mass is 420 g/mol. The molecule has 0 aliphatic heterocycles. The maximum atomic E-state index is 13.3. The summed E-state index contributed by atoms with van der Waals surface area (Å²) in [4.78, 5) is 26.8. The Bertz CT molecular complexity index is 1070. The molecule has 0 saturated carbocycles. The highest BCUT2D eigenvalue weighted by molar-refractivity contribution is 6.01. The van der Waals surface area contributed by atoms with Gasteiger partial charge in [-0.1, -0.05) is 29.8 Å². The van der Waals surface area contributed by atoms with Crippen molar-refractivity contribution in [1.29, 1.82) is 0 Å². The lowest BCUT2D eigenvalue weighted by atomic mass is 10.1. The molecule has 0 atom stereocenters. The highest BCUT2D eigenvalue weighted by Gasteiger charge is 2.23. The lowest BCUT2D eigenvalue weighted by Crippen LogP contribution is -2.40. The molecule has 31 heavy (non-hydrogen) atoms. The van der Waals surface area contributed by atoms with E-state index in [1.54, 1.807) is 25.0 Å². The number of aryl methyl sites for hydroxylation is 1. The van der Waals surface area contributed by atoms with Gasteiger partial charge in [0.15, 0.2) is 0 Å². The quantitative estimate of drug-likeness (QED) is 0.635. The van der Waals surface area contributed by atoms with Crippen molar-refractivity contribution in [3.8, 4) is 22.7 Å². The van der Waals surface area contributed by atoms with E-state index in [0.29, 0.717) is 17.0 Å². The average molecular weight is 421 g/mol. The molecule has 0 unspecified atom stereocenters. The fourth-order valence-corrected chi connectivity index (χ4v) is 3.20. The Morgan fingerprint density at radius 3 is 2.52 bits per heavy atom. The predicted octanol–water partition coefficient (Wildman–Crippen LogP) is 3.45.